The molecule has 0 aromatic heterocycles. The van der Waals surface area contributed by atoms with E-state index in [1.807, 2.05) is 43.3 Å². The van der Waals surface area contributed by atoms with Crippen molar-refractivity contribution >= 4 is 23.4 Å². The van der Waals surface area contributed by atoms with E-state index in [0.29, 0.717) is 18.8 Å². The zero-order chi connectivity index (χ0) is 17.1. The first-order valence-corrected chi connectivity index (χ1v) is 8.42. The lowest BCUT2D eigenvalue weighted by Gasteiger charge is -2.27. The Morgan fingerprint density at radius 2 is 2.21 bits per heavy atom. The zero-order valence-corrected chi connectivity index (χ0v) is 14.3. The van der Waals surface area contributed by atoms with Gasteiger partial charge in [-0.15, -0.1) is 0 Å². The minimum atomic E-state index is -0.0935. The van der Waals surface area contributed by atoms with Gasteiger partial charge in [-0.2, -0.15) is 0 Å². The second kappa shape index (κ2) is 7.09. The van der Waals surface area contributed by atoms with Crippen LogP contribution in [0, 0.1) is 0 Å². The third kappa shape index (κ3) is 3.62. The summed E-state index contributed by atoms with van der Waals surface area (Å²) in [5.41, 5.74) is 1.52. The maximum absolute atomic E-state index is 12.6. The van der Waals surface area contributed by atoms with Gasteiger partial charge in [0.25, 0.3) is 0 Å². The highest BCUT2D eigenvalue weighted by Gasteiger charge is 2.29. The van der Waals surface area contributed by atoms with E-state index in [9.17, 15) is 9.59 Å². The largest absolute Gasteiger partial charge is 0.336 e. The Kier molecular flexibility index (Phi) is 4.89. The van der Waals surface area contributed by atoms with Crippen LogP contribution in [0.1, 0.15) is 12.8 Å². The predicted molar refractivity (Wildman–Crippen MR) is 94.5 cm³/mol. The molecule has 0 bridgehead atoms. The quantitative estimate of drug-likeness (QED) is 0.884. The molecule has 4 amide bonds. The summed E-state index contributed by atoms with van der Waals surface area (Å²) in [6.07, 6.45) is 2.08. The van der Waals surface area contributed by atoms with Crippen LogP contribution in [0.3, 0.4) is 0 Å². The molecule has 7 nitrogen and oxygen atoms in total. The van der Waals surface area contributed by atoms with Gasteiger partial charge in [0.15, 0.2) is 0 Å². The highest BCUT2D eigenvalue weighted by Crippen LogP contribution is 2.23. The lowest BCUT2D eigenvalue weighted by molar-refractivity contribution is 0.193. The second-order valence-electron chi connectivity index (χ2n) is 6.62. The number of amides is 4. The first kappa shape index (κ1) is 16.6. The third-order valence-corrected chi connectivity index (χ3v) is 4.48. The van der Waals surface area contributed by atoms with Gasteiger partial charge in [0.05, 0.1) is 0 Å². The van der Waals surface area contributed by atoms with Crippen LogP contribution in [0.2, 0.25) is 0 Å². The minimum absolute atomic E-state index is 0.0672. The number of urea groups is 2. The van der Waals surface area contributed by atoms with Crippen molar-refractivity contribution in [3.8, 4) is 0 Å². The predicted octanol–water partition coefficient (Wildman–Crippen LogP) is 1.77. The van der Waals surface area contributed by atoms with Crippen LogP contribution >= 0.6 is 0 Å². The highest BCUT2D eigenvalue weighted by atomic mass is 16.2. The summed E-state index contributed by atoms with van der Waals surface area (Å²) in [5, 5.41) is 5.76. The number of nitrogens with zero attached hydrogens (tertiary/aromatic N) is 3. The van der Waals surface area contributed by atoms with E-state index in [1.165, 1.54) is 0 Å². The van der Waals surface area contributed by atoms with Gasteiger partial charge in [-0.05, 0) is 45.1 Å². The maximum Gasteiger partial charge on any atom is 0.322 e. The average Bonchev–Trinajstić information content (AvgIpc) is 3.16. The molecule has 3 rings (SSSR count). The summed E-state index contributed by atoms with van der Waals surface area (Å²) in [5.74, 6) is 0. The number of nitrogens with one attached hydrogen (secondary N) is 2. The highest BCUT2D eigenvalue weighted by molar-refractivity contribution is 5.95. The van der Waals surface area contributed by atoms with Crippen LogP contribution in [0.15, 0.2) is 24.3 Å². The van der Waals surface area contributed by atoms with Crippen LogP contribution < -0.4 is 15.5 Å². The molecule has 1 atom stereocenters. The van der Waals surface area contributed by atoms with E-state index in [-0.39, 0.29) is 18.1 Å². The molecule has 2 saturated heterocycles. The summed E-state index contributed by atoms with van der Waals surface area (Å²) in [4.78, 5) is 30.1. The lowest BCUT2D eigenvalue weighted by atomic mass is 10.2. The van der Waals surface area contributed by atoms with Crippen LogP contribution in [-0.4, -0.2) is 68.2 Å². The summed E-state index contributed by atoms with van der Waals surface area (Å²) < 4.78 is 0. The molecule has 0 unspecified atom stereocenters. The summed E-state index contributed by atoms with van der Waals surface area (Å²) in [7, 11) is 4.05. The van der Waals surface area contributed by atoms with E-state index in [1.54, 1.807) is 4.90 Å². The number of benzene rings is 1. The number of likely N-dealkylation sites (N-methyl/N-ethyl adjacent to an activating group) is 1. The summed E-state index contributed by atoms with van der Waals surface area (Å²) in [6, 6.07) is 7.54. The smallest absolute Gasteiger partial charge is 0.322 e. The topological polar surface area (TPSA) is 67.9 Å². The average molecular weight is 331 g/mol. The molecule has 2 heterocycles. The Labute approximate surface area is 142 Å². The lowest BCUT2D eigenvalue weighted by Crippen LogP contribution is -2.43. The Hall–Kier alpha value is -2.28. The van der Waals surface area contributed by atoms with E-state index in [4.69, 9.17) is 0 Å². The Balaban J connectivity index is 1.67. The van der Waals surface area contributed by atoms with Gasteiger partial charge in [0, 0.05) is 43.6 Å². The monoisotopic (exact) mass is 331 g/mol. The molecular formula is C17H25N5O2. The third-order valence-electron chi connectivity index (χ3n) is 4.48. The Morgan fingerprint density at radius 1 is 1.38 bits per heavy atom. The molecule has 0 spiro atoms. The molecule has 24 heavy (non-hydrogen) atoms. The van der Waals surface area contributed by atoms with Crippen molar-refractivity contribution < 1.29 is 9.59 Å². The first-order chi connectivity index (χ1) is 11.5. The van der Waals surface area contributed by atoms with Crippen molar-refractivity contribution in [3.63, 3.8) is 0 Å². The van der Waals surface area contributed by atoms with Crippen molar-refractivity contribution in [3.05, 3.63) is 24.3 Å². The molecule has 0 aliphatic carbocycles. The van der Waals surface area contributed by atoms with Gasteiger partial charge in [0.1, 0.15) is 0 Å². The van der Waals surface area contributed by atoms with E-state index < -0.39 is 0 Å². The molecule has 2 fully saturated rings. The van der Waals surface area contributed by atoms with Crippen molar-refractivity contribution in [1.82, 2.24) is 15.1 Å². The minimum Gasteiger partial charge on any atom is -0.336 e. The van der Waals surface area contributed by atoms with E-state index in [0.717, 1.165) is 31.6 Å². The standard InChI is InChI=1S/C17H25N5O2/c1-20(2)12-15-7-4-9-21(15)17(24)19-13-5-3-6-14(11-13)22-10-8-18-16(22)23/h3,5-6,11,15H,4,7-10,12H2,1-2H3,(H,18,23)(H,19,24)/t15-/m0/s1. The summed E-state index contributed by atoms with van der Waals surface area (Å²) >= 11 is 0. The molecule has 130 valence electrons. The fourth-order valence-electron chi connectivity index (χ4n) is 3.38. The number of likely N-dealkylation sites (tertiary alicyclic amines) is 1. The first-order valence-electron chi connectivity index (χ1n) is 8.42. The number of rotatable bonds is 4. The van der Waals surface area contributed by atoms with Gasteiger partial charge in [-0.3, -0.25) is 4.90 Å². The van der Waals surface area contributed by atoms with Crippen LogP contribution in [0.25, 0.3) is 0 Å². The van der Waals surface area contributed by atoms with Crippen LogP contribution in [0.4, 0.5) is 21.0 Å². The molecule has 0 radical (unpaired) electrons. The van der Waals surface area contributed by atoms with Crippen LogP contribution in [-0.2, 0) is 0 Å². The molecule has 2 aliphatic rings. The van der Waals surface area contributed by atoms with Gasteiger partial charge in [-0.25, -0.2) is 9.59 Å². The van der Waals surface area contributed by atoms with Gasteiger partial charge in [-0.1, -0.05) is 6.07 Å². The van der Waals surface area contributed by atoms with Gasteiger partial charge in [0.2, 0.25) is 0 Å². The number of carbonyl (C=O) groups excluding carboxylic acids is 2. The van der Waals surface area contributed by atoms with E-state index in [2.05, 4.69) is 15.5 Å². The zero-order valence-electron chi connectivity index (χ0n) is 14.3. The van der Waals surface area contributed by atoms with Gasteiger partial charge >= 0.3 is 12.1 Å². The molecular weight excluding hydrogens is 306 g/mol. The van der Waals surface area contributed by atoms with Crippen molar-refractivity contribution in [2.24, 2.45) is 0 Å². The maximum atomic E-state index is 12.6. The molecule has 1 aromatic rings. The SMILES string of the molecule is CN(C)C[C@@H]1CCCN1C(=O)Nc1cccc(N2CCNC2=O)c1. The van der Waals surface area contributed by atoms with Crippen molar-refractivity contribution in [2.75, 3.05) is 50.5 Å². The van der Waals surface area contributed by atoms with E-state index >= 15 is 0 Å². The number of hydrogen-bond donors (Lipinski definition) is 2. The molecule has 7 heteroatoms. The number of hydrogen-bond acceptors (Lipinski definition) is 3. The number of carbonyl (C=O) groups is 2. The Morgan fingerprint density at radius 3 is 2.92 bits per heavy atom. The second-order valence-corrected chi connectivity index (χ2v) is 6.62. The number of anilines is 2. The fraction of sp³-hybridized carbons (Fsp3) is 0.529. The normalized spacial score (nSPS) is 20.6. The molecule has 1 aromatic carbocycles. The molecule has 2 N–H and O–H groups in total. The fourth-order valence-corrected chi connectivity index (χ4v) is 3.38. The molecule has 0 saturated carbocycles. The van der Waals surface area contributed by atoms with Gasteiger partial charge < -0.3 is 20.4 Å². The summed E-state index contributed by atoms with van der Waals surface area (Å²) in [6.45, 7) is 2.96. The Bertz CT molecular complexity index is 619. The van der Waals surface area contributed by atoms with Crippen LogP contribution in [0.5, 0.6) is 0 Å². The van der Waals surface area contributed by atoms with Crippen molar-refractivity contribution in [1.29, 1.82) is 0 Å². The molecule has 2 aliphatic heterocycles. The van der Waals surface area contributed by atoms with Crippen molar-refractivity contribution in [2.45, 2.75) is 18.9 Å².